The summed E-state index contributed by atoms with van der Waals surface area (Å²) in [4.78, 5) is 15.6. The predicted octanol–water partition coefficient (Wildman–Crippen LogP) is 5.65. The van der Waals surface area contributed by atoms with E-state index in [0.29, 0.717) is 6.54 Å². The number of anilines is 1. The minimum Gasteiger partial charge on any atom is -0.348 e. The van der Waals surface area contributed by atoms with Gasteiger partial charge in [-0.05, 0) is 62.1 Å². The molecule has 0 radical (unpaired) electrons. The molecular weight excluding hydrogens is 507 g/mol. The average molecular weight is 537 g/mol. The number of fused-ring (bicyclic) bond motifs is 4. The molecule has 0 unspecified atom stereocenters. The molecule has 2 aromatic heterocycles. The Morgan fingerprint density at radius 2 is 1.71 bits per heavy atom. The van der Waals surface area contributed by atoms with Gasteiger partial charge in [0.15, 0.2) is 0 Å². The van der Waals surface area contributed by atoms with Gasteiger partial charge in [0, 0.05) is 30.5 Å². The number of aromatic nitrogens is 2. The molecule has 6 heteroatoms. The molecule has 0 spiro atoms. The fraction of sp³-hybridized carbons (Fsp3) is 0.188. The second kappa shape index (κ2) is 10.2. The van der Waals surface area contributed by atoms with Crippen molar-refractivity contribution in [3.8, 4) is 0 Å². The summed E-state index contributed by atoms with van der Waals surface area (Å²) in [6, 6.07) is 21.4. The molecule has 0 saturated carbocycles. The zero-order chi connectivity index (χ0) is 26.2. The molecule has 38 heavy (non-hydrogen) atoms. The SMILES string of the molecule is CCN1C=C/C(=C\C=c2\s/c(=C/c3sc4ccc5ccccc5c4[n+]3CC)n(CC)c2=O)c2ccccc21. The predicted molar refractivity (Wildman–Crippen MR) is 163 cm³/mol. The maximum absolute atomic E-state index is 13.4. The Hall–Kier alpha value is -3.74. The van der Waals surface area contributed by atoms with Gasteiger partial charge in [-0.2, -0.15) is 4.57 Å². The second-order valence-electron chi connectivity index (χ2n) is 9.22. The van der Waals surface area contributed by atoms with E-state index >= 15 is 0 Å². The Labute approximate surface area is 230 Å². The van der Waals surface area contributed by atoms with E-state index in [4.69, 9.17) is 0 Å². The molecule has 3 aromatic carbocycles. The molecule has 0 amide bonds. The summed E-state index contributed by atoms with van der Waals surface area (Å²) in [5, 5.41) is 3.68. The molecule has 0 bridgehead atoms. The van der Waals surface area contributed by atoms with Crippen molar-refractivity contribution in [2.75, 3.05) is 11.4 Å². The molecule has 0 aliphatic carbocycles. The van der Waals surface area contributed by atoms with Crippen molar-refractivity contribution in [1.82, 2.24) is 4.57 Å². The van der Waals surface area contributed by atoms with Gasteiger partial charge in [0.1, 0.15) is 15.9 Å². The van der Waals surface area contributed by atoms with E-state index in [1.807, 2.05) is 17.6 Å². The fourth-order valence-corrected chi connectivity index (χ4v) is 7.56. The number of nitrogens with zero attached hydrogens (tertiary/aromatic N) is 3. The Bertz CT molecular complexity index is 1920. The number of hydrogen-bond acceptors (Lipinski definition) is 4. The lowest BCUT2D eigenvalue weighted by atomic mass is 9.99. The zero-order valence-corrected chi connectivity index (χ0v) is 23.5. The Kier molecular flexibility index (Phi) is 6.60. The van der Waals surface area contributed by atoms with Gasteiger partial charge in [0.25, 0.3) is 10.6 Å². The third-order valence-electron chi connectivity index (χ3n) is 7.14. The molecule has 0 saturated heterocycles. The third kappa shape index (κ3) is 4.14. The van der Waals surface area contributed by atoms with E-state index in [1.165, 1.54) is 32.2 Å². The quantitative estimate of drug-likeness (QED) is 0.272. The first-order valence-corrected chi connectivity index (χ1v) is 14.8. The second-order valence-corrected chi connectivity index (χ2v) is 11.3. The number of para-hydroxylation sites is 1. The first-order chi connectivity index (χ1) is 18.6. The number of allylic oxidation sites excluding steroid dienone is 3. The lowest BCUT2D eigenvalue weighted by molar-refractivity contribution is -0.664. The van der Waals surface area contributed by atoms with E-state index in [-0.39, 0.29) is 5.56 Å². The van der Waals surface area contributed by atoms with Gasteiger partial charge < -0.3 is 4.90 Å². The summed E-state index contributed by atoms with van der Waals surface area (Å²) in [5.74, 6) is 0. The van der Waals surface area contributed by atoms with Crippen LogP contribution in [0.1, 0.15) is 31.3 Å². The van der Waals surface area contributed by atoms with Crippen LogP contribution in [0.15, 0.2) is 83.8 Å². The monoisotopic (exact) mass is 536 g/mol. The van der Waals surface area contributed by atoms with Gasteiger partial charge in [-0.15, -0.1) is 11.3 Å². The van der Waals surface area contributed by atoms with Gasteiger partial charge in [-0.1, -0.05) is 59.9 Å². The highest BCUT2D eigenvalue weighted by molar-refractivity contribution is 7.19. The molecule has 4 nitrogen and oxygen atoms in total. The highest BCUT2D eigenvalue weighted by atomic mass is 32.1. The van der Waals surface area contributed by atoms with E-state index in [0.717, 1.165) is 32.9 Å². The van der Waals surface area contributed by atoms with Crippen molar-refractivity contribution in [3.05, 3.63) is 109 Å². The van der Waals surface area contributed by atoms with Crippen molar-refractivity contribution < 1.29 is 4.57 Å². The van der Waals surface area contributed by atoms with Crippen LogP contribution < -0.4 is 24.2 Å². The van der Waals surface area contributed by atoms with Crippen LogP contribution in [-0.4, -0.2) is 11.1 Å². The van der Waals surface area contributed by atoms with Crippen LogP contribution in [0.3, 0.4) is 0 Å². The molecule has 0 atom stereocenters. The molecular formula is C32H30N3OS2+. The fourth-order valence-electron chi connectivity index (χ4n) is 5.25. The Morgan fingerprint density at radius 3 is 2.53 bits per heavy atom. The summed E-state index contributed by atoms with van der Waals surface area (Å²) >= 11 is 3.35. The Morgan fingerprint density at radius 1 is 0.895 bits per heavy atom. The minimum atomic E-state index is 0.0680. The van der Waals surface area contributed by atoms with Crippen molar-refractivity contribution in [2.45, 2.75) is 33.9 Å². The van der Waals surface area contributed by atoms with E-state index in [1.54, 1.807) is 22.7 Å². The summed E-state index contributed by atoms with van der Waals surface area (Å²) in [6.45, 7) is 8.81. The van der Waals surface area contributed by atoms with Crippen LogP contribution in [0.5, 0.6) is 0 Å². The number of benzene rings is 3. The number of rotatable bonds is 5. The Balaban J connectivity index is 1.50. The van der Waals surface area contributed by atoms with Crippen LogP contribution >= 0.6 is 22.7 Å². The van der Waals surface area contributed by atoms with Crippen molar-refractivity contribution in [3.63, 3.8) is 0 Å². The molecule has 0 fully saturated rings. The van der Waals surface area contributed by atoms with Crippen LogP contribution in [0.4, 0.5) is 5.69 Å². The molecule has 1 aliphatic heterocycles. The number of hydrogen-bond donors (Lipinski definition) is 0. The van der Waals surface area contributed by atoms with Crippen molar-refractivity contribution in [2.24, 2.45) is 0 Å². The average Bonchev–Trinajstić information content (AvgIpc) is 3.47. The van der Waals surface area contributed by atoms with Gasteiger partial charge >= 0.3 is 0 Å². The summed E-state index contributed by atoms with van der Waals surface area (Å²) in [7, 11) is 0. The van der Waals surface area contributed by atoms with Gasteiger partial charge in [-0.3, -0.25) is 9.36 Å². The lowest BCUT2D eigenvalue weighted by Gasteiger charge is -2.26. The summed E-state index contributed by atoms with van der Waals surface area (Å²) in [6.07, 6.45) is 10.5. The first-order valence-electron chi connectivity index (χ1n) is 13.1. The highest BCUT2D eigenvalue weighted by Crippen LogP contribution is 2.32. The van der Waals surface area contributed by atoms with Gasteiger partial charge in [-0.25, -0.2) is 0 Å². The minimum absolute atomic E-state index is 0.0680. The van der Waals surface area contributed by atoms with Crippen LogP contribution in [0.25, 0.3) is 38.7 Å². The molecule has 190 valence electrons. The standard InChI is InChI=1S/C32H30N3OS2/c1-4-33-20-19-23(24-12-9-10-14-26(24)33)16-18-28-32(36)35(6-3)30(38-28)21-29-34(5-2)31-25-13-8-7-11-22(25)15-17-27(31)37-29/h7-21H,4-6H2,1-3H3/q+1/b23-16+,28-18+. The molecule has 6 rings (SSSR count). The molecule has 1 aliphatic rings. The smallest absolute Gasteiger partial charge is 0.269 e. The van der Waals surface area contributed by atoms with Gasteiger partial charge in [0.2, 0.25) is 5.52 Å². The summed E-state index contributed by atoms with van der Waals surface area (Å²) in [5.41, 5.74) is 4.84. The lowest BCUT2D eigenvalue weighted by Crippen LogP contribution is -2.35. The van der Waals surface area contributed by atoms with E-state index in [2.05, 4.69) is 108 Å². The van der Waals surface area contributed by atoms with Crippen molar-refractivity contribution >= 4 is 67.1 Å². The summed E-state index contributed by atoms with van der Waals surface area (Å²) < 4.78 is 7.27. The van der Waals surface area contributed by atoms with E-state index in [9.17, 15) is 4.79 Å². The van der Waals surface area contributed by atoms with Crippen LogP contribution in [0.2, 0.25) is 0 Å². The normalized spacial score (nSPS) is 15.3. The largest absolute Gasteiger partial charge is 0.348 e. The maximum Gasteiger partial charge on any atom is 0.269 e. The molecule has 3 heterocycles. The van der Waals surface area contributed by atoms with Crippen LogP contribution in [0, 0.1) is 0 Å². The topological polar surface area (TPSA) is 29.1 Å². The third-order valence-corrected chi connectivity index (χ3v) is 9.32. The van der Waals surface area contributed by atoms with Crippen LogP contribution in [-0.2, 0) is 13.1 Å². The van der Waals surface area contributed by atoms with Gasteiger partial charge in [0.05, 0.1) is 16.0 Å². The zero-order valence-electron chi connectivity index (χ0n) is 21.8. The number of thiazole rings is 2. The molecule has 5 aromatic rings. The number of aryl methyl sites for hydroxylation is 1. The maximum atomic E-state index is 13.4. The first kappa shape index (κ1) is 24.6. The highest BCUT2D eigenvalue weighted by Gasteiger charge is 2.20. The molecule has 0 N–H and O–H groups in total. The van der Waals surface area contributed by atoms with E-state index < -0.39 is 0 Å². The van der Waals surface area contributed by atoms with Crippen molar-refractivity contribution in [1.29, 1.82) is 0 Å².